The van der Waals surface area contributed by atoms with Crippen LogP contribution in [0.1, 0.15) is 65.1 Å². The first-order valence-corrected chi connectivity index (χ1v) is 12.3. The molecule has 1 unspecified atom stereocenters. The van der Waals surface area contributed by atoms with Gasteiger partial charge in [-0.15, -0.1) is 24.0 Å². The van der Waals surface area contributed by atoms with E-state index in [1.54, 1.807) is 0 Å². The predicted octanol–water partition coefficient (Wildman–Crippen LogP) is 4.58. The lowest BCUT2D eigenvalue weighted by Gasteiger charge is -2.24. The van der Waals surface area contributed by atoms with Crippen LogP contribution in [-0.2, 0) is 16.3 Å². The van der Waals surface area contributed by atoms with Crippen molar-refractivity contribution in [2.24, 2.45) is 16.3 Å². The molecule has 0 amide bonds. The predicted molar refractivity (Wildman–Crippen MR) is 136 cm³/mol. The molecule has 1 atom stereocenters. The van der Waals surface area contributed by atoms with Crippen LogP contribution in [-0.4, -0.2) is 39.5 Å². The number of benzene rings is 1. The first kappa shape index (κ1) is 28.2. The Labute approximate surface area is 195 Å². The number of hydrogen-bond acceptors (Lipinski definition) is 3. The zero-order valence-corrected chi connectivity index (χ0v) is 22.2. The number of sulfone groups is 1. The first-order valence-electron chi connectivity index (χ1n) is 10.2. The number of aliphatic imine (C=N–C) groups is 1. The van der Waals surface area contributed by atoms with E-state index < -0.39 is 9.84 Å². The van der Waals surface area contributed by atoms with Crippen molar-refractivity contribution in [2.45, 2.75) is 60.4 Å². The number of rotatable bonds is 10. The van der Waals surface area contributed by atoms with Crippen LogP contribution in [0.5, 0.6) is 0 Å². The summed E-state index contributed by atoms with van der Waals surface area (Å²) in [5.74, 6) is 1.60. The van der Waals surface area contributed by atoms with E-state index in [0.717, 1.165) is 18.9 Å². The number of guanidine groups is 1. The van der Waals surface area contributed by atoms with E-state index in [9.17, 15) is 8.42 Å². The summed E-state index contributed by atoms with van der Waals surface area (Å²) >= 11 is 0. The molecular formula is C22H40IN3O2S. The number of halogens is 1. The van der Waals surface area contributed by atoms with Crippen LogP contribution in [0.2, 0.25) is 0 Å². The topological polar surface area (TPSA) is 70.6 Å². The maximum Gasteiger partial charge on any atom is 0.191 e. The summed E-state index contributed by atoms with van der Waals surface area (Å²) in [6.07, 6.45) is 2.97. The lowest BCUT2D eigenvalue weighted by Crippen LogP contribution is -2.39. The Hall–Kier alpha value is -0.830. The number of hydrogen-bond donors (Lipinski definition) is 2. The second-order valence-electron chi connectivity index (χ2n) is 8.94. The van der Waals surface area contributed by atoms with Gasteiger partial charge < -0.3 is 10.6 Å². The van der Waals surface area contributed by atoms with Crippen molar-refractivity contribution in [1.82, 2.24) is 10.6 Å². The zero-order valence-electron chi connectivity index (χ0n) is 19.1. The van der Waals surface area contributed by atoms with Gasteiger partial charge >= 0.3 is 0 Å². The highest BCUT2D eigenvalue weighted by Crippen LogP contribution is 2.21. The van der Waals surface area contributed by atoms with E-state index in [0.29, 0.717) is 18.9 Å². The molecule has 1 aromatic carbocycles. The molecule has 0 aliphatic carbocycles. The SMILES string of the molecule is CCNC(=NCC(C)(C)CCS(C)(=O)=O)NC(C)c1ccc(CC(C)C)cc1.I. The van der Waals surface area contributed by atoms with Gasteiger partial charge in [0, 0.05) is 19.3 Å². The van der Waals surface area contributed by atoms with E-state index >= 15 is 0 Å². The summed E-state index contributed by atoms with van der Waals surface area (Å²) in [5.41, 5.74) is 2.40. The molecule has 7 heteroatoms. The molecule has 0 saturated heterocycles. The molecule has 168 valence electrons. The van der Waals surface area contributed by atoms with Crippen LogP contribution in [0.3, 0.4) is 0 Å². The molecule has 0 aliphatic heterocycles. The summed E-state index contributed by atoms with van der Waals surface area (Å²) in [6.45, 7) is 14.1. The summed E-state index contributed by atoms with van der Waals surface area (Å²) in [7, 11) is -2.95. The molecule has 0 radical (unpaired) electrons. The van der Waals surface area contributed by atoms with Crippen molar-refractivity contribution in [3.8, 4) is 0 Å². The van der Waals surface area contributed by atoms with E-state index in [4.69, 9.17) is 4.99 Å². The van der Waals surface area contributed by atoms with Crippen LogP contribution in [0.25, 0.3) is 0 Å². The van der Waals surface area contributed by atoms with Crippen LogP contribution in [0.15, 0.2) is 29.3 Å². The normalized spacial score (nSPS) is 13.7. The molecule has 2 N–H and O–H groups in total. The van der Waals surface area contributed by atoms with Gasteiger partial charge in [0.15, 0.2) is 5.96 Å². The zero-order chi connectivity index (χ0) is 21.4. The Balaban J connectivity index is 0.00000784. The third-order valence-electron chi connectivity index (χ3n) is 4.64. The molecule has 0 saturated carbocycles. The van der Waals surface area contributed by atoms with E-state index in [1.165, 1.54) is 17.4 Å². The van der Waals surface area contributed by atoms with Crippen LogP contribution in [0, 0.1) is 11.3 Å². The second-order valence-corrected chi connectivity index (χ2v) is 11.2. The maximum absolute atomic E-state index is 11.4. The number of nitrogens with one attached hydrogen (secondary N) is 2. The minimum absolute atomic E-state index is 0. The minimum atomic E-state index is -2.95. The largest absolute Gasteiger partial charge is 0.357 e. The van der Waals surface area contributed by atoms with Gasteiger partial charge in [0.05, 0.1) is 11.8 Å². The fourth-order valence-electron chi connectivity index (χ4n) is 2.86. The summed E-state index contributed by atoms with van der Waals surface area (Å²) in [4.78, 5) is 4.71. The van der Waals surface area contributed by atoms with E-state index in [-0.39, 0.29) is 41.2 Å². The standard InChI is InChI=1S/C22H39N3O2S.HI/c1-8-23-21(24-16-22(5,6)13-14-28(7,26)27)25-18(4)20-11-9-19(10-12-20)15-17(2)3;/h9-12,17-18H,8,13-16H2,1-7H3,(H2,23,24,25);1H. The molecule has 0 bridgehead atoms. The molecular weight excluding hydrogens is 497 g/mol. The molecule has 0 aliphatic rings. The Morgan fingerprint density at radius 2 is 1.72 bits per heavy atom. The van der Waals surface area contributed by atoms with E-state index in [1.807, 2.05) is 6.92 Å². The number of nitrogens with zero attached hydrogens (tertiary/aromatic N) is 1. The molecule has 5 nitrogen and oxygen atoms in total. The average molecular weight is 538 g/mol. The maximum atomic E-state index is 11.4. The van der Waals surface area contributed by atoms with Gasteiger partial charge in [-0.2, -0.15) is 0 Å². The lowest BCUT2D eigenvalue weighted by molar-refractivity contribution is 0.365. The van der Waals surface area contributed by atoms with Gasteiger partial charge in [-0.1, -0.05) is 52.0 Å². The highest BCUT2D eigenvalue weighted by Gasteiger charge is 2.20. The average Bonchev–Trinajstić information content (AvgIpc) is 2.58. The first-order chi connectivity index (χ1) is 12.9. The fourth-order valence-corrected chi connectivity index (χ4v) is 3.78. The van der Waals surface area contributed by atoms with Gasteiger partial charge in [-0.05, 0) is 49.1 Å². The van der Waals surface area contributed by atoms with Gasteiger partial charge in [-0.25, -0.2) is 8.42 Å². The Morgan fingerprint density at radius 3 is 2.21 bits per heavy atom. The van der Waals surface area contributed by atoms with E-state index in [2.05, 4.69) is 69.5 Å². The molecule has 0 spiro atoms. The van der Waals surface area contributed by atoms with Gasteiger partial charge in [0.25, 0.3) is 0 Å². The summed E-state index contributed by atoms with van der Waals surface area (Å²) < 4.78 is 22.9. The van der Waals surface area contributed by atoms with Gasteiger partial charge in [0.1, 0.15) is 9.84 Å². The molecule has 0 heterocycles. The summed E-state index contributed by atoms with van der Waals surface area (Å²) in [5, 5.41) is 6.75. The third kappa shape index (κ3) is 12.5. The lowest BCUT2D eigenvalue weighted by atomic mass is 9.90. The third-order valence-corrected chi connectivity index (χ3v) is 5.58. The molecule has 1 rings (SSSR count). The fraction of sp³-hybridized carbons (Fsp3) is 0.682. The molecule has 29 heavy (non-hydrogen) atoms. The van der Waals surface area contributed by atoms with Crippen molar-refractivity contribution in [3.63, 3.8) is 0 Å². The smallest absolute Gasteiger partial charge is 0.191 e. The Morgan fingerprint density at radius 1 is 1.14 bits per heavy atom. The summed E-state index contributed by atoms with van der Waals surface area (Å²) in [6, 6.07) is 8.88. The van der Waals surface area contributed by atoms with Crippen LogP contribution >= 0.6 is 24.0 Å². The van der Waals surface area contributed by atoms with Crippen molar-refractivity contribution in [2.75, 3.05) is 25.1 Å². The minimum Gasteiger partial charge on any atom is -0.357 e. The Kier molecular flexibility index (Phi) is 12.4. The van der Waals surface area contributed by atoms with Crippen molar-refractivity contribution in [1.29, 1.82) is 0 Å². The Bertz CT molecular complexity index is 729. The highest BCUT2D eigenvalue weighted by atomic mass is 127. The molecule has 1 aromatic rings. The second kappa shape index (κ2) is 12.8. The van der Waals surface area contributed by atoms with Crippen molar-refractivity contribution >= 4 is 39.8 Å². The van der Waals surface area contributed by atoms with Gasteiger partial charge in [-0.3, -0.25) is 4.99 Å². The quantitative estimate of drug-likeness (QED) is 0.261. The molecule has 0 fully saturated rings. The van der Waals surface area contributed by atoms with Gasteiger partial charge in [0.2, 0.25) is 0 Å². The van der Waals surface area contributed by atoms with Crippen LogP contribution < -0.4 is 10.6 Å². The molecule has 0 aromatic heterocycles. The van der Waals surface area contributed by atoms with Crippen molar-refractivity contribution < 1.29 is 8.42 Å². The van der Waals surface area contributed by atoms with Crippen LogP contribution in [0.4, 0.5) is 0 Å². The monoisotopic (exact) mass is 537 g/mol. The van der Waals surface area contributed by atoms with Crippen molar-refractivity contribution in [3.05, 3.63) is 35.4 Å². The highest BCUT2D eigenvalue weighted by molar-refractivity contribution is 14.0.